The zero-order valence-corrected chi connectivity index (χ0v) is 13.8. The Bertz CT molecular complexity index is 750. The van der Waals surface area contributed by atoms with E-state index in [0.29, 0.717) is 20.9 Å². The Morgan fingerprint density at radius 1 is 1.41 bits per heavy atom. The van der Waals surface area contributed by atoms with Crippen LogP contribution in [0.3, 0.4) is 0 Å². The van der Waals surface area contributed by atoms with Gasteiger partial charge in [-0.15, -0.1) is 11.3 Å². The van der Waals surface area contributed by atoms with Gasteiger partial charge in [-0.1, -0.05) is 11.6 Å². The molecule has 0 radical (unpaired) electrons. The molecule has 8 heteroatoms. The van der Waals surface area contributed by atoms with E-state index in [2.05, 4.69) is 10.3 Å². The summed E-state index contributed by atoms with van der Waals surface area (Å²) in [6.45, 7) is 5.27. The number of aromatic nitrogens is 1. The van der Waals surface area contributed by atoms with E-state index in [0.717, 1.165) is 10.6 Å². The molecule has 22 heavy (non-hydrogen) atoms. The van der Waals surface area contributed by atoms with Crippen molar-refractivity contribution in [1.29, 1.82) is 0 Å². The number of thiophene rings is 1. The maximum atomic E-state index is 12.7. The zero-order chi connectivity index (χ0) is 16.1. The molecule has 1 fully saturated rings. The van der Waals surface area contributed by atoms with Gasteiger partial charge in [-0.2, -0.15) is 0 Å². The van der Waals surface area contributed by atoms with Crippen LogP contribution in [0, 0.1) is 13.8 Å². The van der Waals surface area contributed by atoms with E-state index in [-0.39, 0.29) is 12.5 Å². The van der Waals surface area contributed by atoms with Gasteiger partial charge in [-0.25, -0.2) is 9.78 Å². The second-order valence-corrected chi connectivity index (χ2v) is 7.01. The first kappa shape index (κ1) is 15.1. The average molecular weight is 340 g/mol. The number of amides is 3. The number of imide groups is 1. The van der Waals surface area contributed by atoms with Crippen LogP contribution in [-0.2, 0) is 16.9 Å². The number of carbonyl (C=O) groups excluding carboxylic acids is 2. The molecular weight excluding hydrogens is 326 g/mol. The van der Waals surface area contributed by atoms with Crippen LogP contribution in [0.15, 0.2) is 16.5 Å². The minimum atomic E-state index is -1.11. The normalized spacial score (nSPS) is 21.5. The number of hydrogen-bond donors (Lipinski definition) is 1. The maximum Gasteiger partial charge on any atom is 0.325 e. The van der Waals surface area contributed by atoms with E-state index in [1.807, 2.05) is 6.92 Å². The van der Waals surface area contributed by atoms with Crippen molar-refractivity contribution in [3.63, 3.8) is 0 Å². The highest BCUT2D eigenvalue weighted by molar-refractivity contribution is 7.16. The molecule has 1 aliphatic rings. The van der Waals surface area contributed by atoms with Gasteiger partial charge in [0, 0.05) is 4.88 Å². The molecule has 1 N–H and O–H groups in total. The number of carbonyl (C=O) groups is 2. The topological polar surface area (TPSA) is 75.4 Å². The van der Waals surface area contributed by atoms with E-state index in [9.17, 15) is 9.59 Å². The molecule has 1 saturated heterocycles. The Kier molecular flexibility index (Phi) is 3.49. The molecule has 3 amide bonds. The highest BCUT2D eigenvalue weighted by Gasteiger charge is 2.50. The van der Waals surface area contributed by atoms with Crippen molar-refractivity contribution in [2.45, 2.75) is 32.9 Å². The second kappa shape index (κ2) is 5.10. The van der Waals surface area contributed by atoms with Crippen LogP contribution in [0.25, 0.3) is 0 Å². The van der Waals surface area contributed by atoms with Crippen LogP contribution in [0.2, 0.25) is 4.34 Å². The molecule has 0 unspecified atom stereocenters. The van der Waals surface area contributed by atoms with Crippen molar-refractivity contribution in [3.8, 4) is 0 Å². The number of urea groups is 1. The van der Waals surface area contributed by atoms with E-state index in [4.69, 9.17) is 16.0 Å². The first-order chi connectivity index (χ1) is 10.3. The summed E-state index contributed by atoms with van der Waals surface area (Å²) in [5.74, 6) is 0.673. The third-order valence-electron chi connectivity index (χ3n) is 3.71. The van der Waals surface area contributed by atoms with Crippen LogP contribution >= 0.6 is 22.9 Å². The summed E-state index contributed by atoms with van der Waals surface area (Å²) >= 11 is 7.20. The Hall–Kier alpha value is -1.86. The van der Waals surface area contributed by atoms with Crippen molar-refractivity contribution in [2.24, 2.45) is 0 Å². The lowest BCUT2D eigenvalue weighted by atomic mass is 10.0. The minimum Gasteiger partial charge on any atom is -0.444 e. The van der Waals surface area contributed by atoms with Crippen molar-refractivity contribution in [2.75, 3.05) is 0 Å². The van der Waals surface area contributed by atoms with Crippen LogP contribution in [0.4, 0.5) is 4.79 Å². The third kappa shape index (κ3) is 2.30. The molecule has 0 bridgehead atoms. The fraction of sp³-hybridized carbons (Fsp3) is 0.357. The lowest BCUT2D eigenvalue weighted by Crippen LogP contribution is -2.40. The summed E-state index contributed by atoms with van der Waals surface area (Å²) < 4.78 is 6.01. The van der Waals surface area contributed by atoms with E-state index in [1.165, 1.54) is 11.3 Å². The molecule has 1 aliphatic heterocycles. The lowest BCUT2D eigenvalue weighted by Gasteiger charge is -2.19. The molecule has 116 valence electrons. The first-order valence-corrected chi connectivity index (χ1v) is 7.83. The molecule has 0 saturated carbocycles. The van der Waals surface area contributed by atoms with Crippen molar-refractivity contribution >= 4 is 34.9 Å². The van der Waals surface area contributed by atoms with Gasteiger partial charge in [-0.05, 0) is 32.9 Å². The van der Waals surface area contributed by atoms with Crippen LogP contribution in [0.1, 0.15) is 29.1 Å². The maximum absolute atomic E-state index is 12.7. The minimum absolute atomic E-state index is 0.00798. The first-order valence-electron chi connectivity index (χ1n) is 6.64. The summed E-state index contributed by atoms with van der Waals surface area (Å²) in [7, 11) is 0. The zero-order valence-electron chi connectivity index (χ0n) is 12.3. The largest absolute Gasteiger partial charge is 0.444 e. The summed E-state index contributed by atoms with van der Waals surface area (Å²) in [5, 5.41) is 2.72. The summed E-state index contributed by atoms with van der Waals surface area (Å²) in [6, 6.07) is 2.98. The SMILES string of the molecule is Cc1nc(CN2C(=O)N[C@@](C)(c3ccc(Cl)s3)C2=O)oc1C. The predicted molar refractivity (Wildman–Crippen MR) is 81.7 cm³/mol. The van der Waals surface area contributed by atoms with Gasteiger partial charge in [0.1, 0.15) is 12.3 Å². The molecule has 0 spiro atoms. The van der Waals surface area contributed by atoms with Gasteiger partial charge in [0.25, 0.3) is 5.91 Å². The van der Waals surface area contributed by atoms with Crippen molar-refractivity contribution in [1.82, 2.24) is 15.2 Å². The van der Waals surface area contributed by atoms with Crippen molar-refractivity contribution in [3.05, 3.63) is 38.7 Å². The van der Waals surface area contributed by atoms with Crippen LogP contribution in [0.5, 0.6) is 0 Å². The van der Waals surface area contributed by atoms with Gasteiger partial charge < -0.3 is 9.73 Å². The number of rotatable bonds is 3. The summed E-state index contributed by atoms with van der Waals surface area (Å²) in [4.78, 5) is 30.9. The highest BCUT2D eigenvalue weighted by atomic mass is 35.5. The van der Waals surface area contributed by atoms with Gasteiger partial charge in [0.15, 0.2) is 5.54 Å². The fourth-order valence-corrected chi connectivity index (χ4v) is 3.47. The van der Waals surface area contributed by atoms with E-state index >= 15 is 0 Å². The van der Waals surface area contributed by atoms with E-state index < -0.39 is 11.6 Å². The van der Waals surface area contributed by atoms with E-state index in [1.54, 1.807) is 26.0 Å². The van der Waals surface area contributed by atoms with Crippen LogP contribution < -0.4 is 5.32 Å². The van der Waals surface area contributed by atoms with Gasteiger partial charge >= 0.3 is 6.03 Å². The number of halogens is 1. The Labute approximate surface area is 136 Å². The number of aryl methyl sites for hydroxylation is 2. The molecule has 6 nitrogen and oxygen atoms in total. The molecule has 2 aromatic rings. The summed E-state index contributed by atoms with van der Waals surface area (Å²) in [6.07, 6.45) is 0. The third-order valence-corrected chi connectivity index (χ3v) is 5.16. The second-order valence-electron chi connectivity index (χ2n) is 5.30. The number of hydrogen-bond acceptors (Lipinski definition) is 5. The lowest BCUT2D eigenvalue weighted by molar-refractivity contribution is -0.131. The monoisotopic (exact) mass is 339 g/mol. The van der Waals surface area contributed by atoms with Gasteiger partial charge in [0.2, 0.25) is 5.89 Å². The Morgan fingerprint density at radius 2 is 2.14 bits per heavy atom. The summed E-state index contributed by atoms with van der Waals surface area (Å²) in [5.41, 5.74) is -0.360. The predicted octanol–water partition coefficient (Wildman–Crippen LogP) is 2.97. The fourth-order valence-electron chi connectivity index (χ4n) is 2.33. The molecule has 0 aliphatic carbocycles. The van der Waals surface area contributed by atoms with Crippen molar-refractivity contribution < 1.29 is 14.0 Å². The number of nitrogens with one attached hydrogen (secondary N) is 1. The molecule has 0 aromatic carbocycles. The standard InChI is InChI=1S/C14H14ClN3O3S/c1-7-8(2)21-11(16-7)6-18-12(19)14(3,17-13(18)20)9-4-5-10(15)22-9/h4-5H,6H2,1-3H3,(H,17,20)/t14-/m0/s1. The number of nitrogens with zero attached hydrogens (tertiary/aromatic N) is 2. The smallest absolute Gasteiger partial charge is 0.325 e. The Morgan fingerprint density at radius 3 is 2.68 bits per heavy atom. The molecule has 1 atom stereocenters. The van der Waals surface area contributed by atoms with Crippen LogP contribution in [-0.4, -0.2) is 21.8 Å². The molecule has 2 aromatic heterocycles. The average Bonchev–Trinajstić information content (AvgIpc) is 3.07. The molecular formula is C14H14ClN3O3S. The van der Waals surface area contributed by atoms with Gasteiger partial charge in [-0.3, -0.25) is 9.69 Å². The molecule has 3 rings (SSSR count). The quantitative estimate of drug-likeness (QED) is 0.872. The molecule has 3 heterocycles. The van der Waals surface area contributed by atoms with Gasteiger partial charge in [0.05, 0.1) is 10.0 Å². The highest BCUT2D eigenvalue weighted by Crippen LogP contribution is 2.35. The Balaban J connectivity index is 1.88. The number of oxazole rings is 1.